The molecule has 0 saturated heterocycles. The van der Waals surface area contributed by atoms with Gasteiger partial charge in [0.05, 0.1) is 0 Å². The summed E-state index contributed by atoms with van der Waals surface area (Å²) >= 11 is 0. The van der Waals surface area contributed by atoms with Crippen LogP contribution in [0.25, 0.3) is 0 Å². The molecule has 0 aromatic heterocycles. The summed E-state index contributed by atoms with van der Waals surface area (Å²) in [5, 5.41) is 0. The van der Waals surface area contributed by atoms with E-state index in [1.165, 1.54) is 37.5 Å². The van der Waals surface area contributed by atoms with Crippen molar-refractivity contribution in [2.45, 2.75) is 44.9 Å². The van der Waals surface area contributed by atoms with E-state index in [0.717, 1.165) is 24.7 Å². The number of carbonyl (C=O) groups excluding carboxylic acids is 1. The Hall–Kier alpha value is -1.44. The first-order chi connectivity index (χ1) is 8.77. The molecule has 1 aromatic carbocycles. The van der Waals surface area contributed by atoms with Gasteiger partial charge in [-0.15, -0.1) is 0 Å². The number of hydrogen-bond acceptors (Lipinski definition) is 1. The van der Waals surface area contributed by atoms with Crippen molar-refractivity contribution < 1.29 is 9.18 Å². The van der Waals surface area contributed by atoms with Crippen LogP contribution in [0.15, 0.2) is 36.4 Å². The molecule has 0 saturated carbocycles. The quantitative estimate of drug-likeness (QED) is 0.372. The predicted molar refractivity (Wildman–Crippen MR) is 73.1 cm³/mol. The molecule has 0 aliphatic rings. The summed E-state index contributed by atoms with van der Waals surface area (Å²) in [5.74, 6) is 0.183. The van der Waals surface area contributed by atoms with E-state index in [-0.39, 0.29) is 5.82 Å². The third-order valence-electron chi connectivity index (χ3n) is 3.13. The molecule has 0 N–H and O–H groups in total. The molecule has 1 atom stereocenters. The van der Waals surface area contributed by atoms with Gasteiger partial charge in [0.15, 0.2) is 0 Å². The zero-order valence-electron chi connectivity index (χ0n) is 10.9. The molecule has 1 nitrogen and oxygen atoms in total. The molecular weight excluding hydrogens is 227 g/mol. The highest BCUT2D eigenvalue weighted by Crippen LogP contribution is 2.26. The van der Waals surface area contributed by atoms with E-state index in [0.29, 0.717) is 5.92 Å². The molecule has 0 aliphatic carbocycles. The van der Waals surface area contributed by atoms with E-state index in [9.17, 15) is 9.18 Å². The van der Waals surface area contributed by atoms with Gasteiger partial charge in [0.2, 0.25) is 0 Å². The molecule has 0 spiro atoms. The summed E-state index contributed by atoms with van der Waals surface area (Å²) in [6.07, 6.45) is 9.75. The van der Waals surface area contributed by atoms with Crippen molar-refractivity contribution in [1.29, 1.82) is 0 Å². The fraction of sp³-hybridized carbons (Fsp3) is 0.438. The minimum absolute atomic E-state index is 0.200. The molecule has 1 rings (SSSR count). The Labute approximate surface area is 109 Å². The van der Waals surface area contributed by atoms with Crippen LogP contribution in [-0.2, 0) is 4.79 Å². The zero-order valence-corrected chi connectivity index (χ0v) is 10.9. The van der Waals surface area contributed by atoms with Gasteiger partial charge in [0.25, 0.3) is 0 Å². The van der Waals surface area contributed by atoms with Crippen LogP contribution in [0.2, 0.25) is 0 Å². The van der Waals surface area contributed by atoms with E-state index < -0.39 is 0 Å². The van der Waals surface area contributed by atoms with Crippen LogP contribution < -0.4 is 0 Å². The van der Waals surface area contributed by atoms with E-state index in [2.05, 4.69) is 6.92 Å². The number of unbranched alkanes of at least 4 members (excludes halogenated alkanes) is 2. The Morgan fingerprint density at radius 3 is 2.56 bits per heavy atom. The normalized spacial score (nSPS) is 12.8. The van der Waals surface area contributed by atoms with Crippen LogP contribution in [0.4, 0.5) is 4.39 Å². The number of benzene rings is 1. The molecule has 98 valence electrons. The van der Waals surface area contributed by atoms with Crippen LogP contribution in [0, 0.1) is 5.82 Å². The van der Waals surface area contributed by atoms with E-state index >= 15 is 0 Å². The first kappa shape index (κ1) is 14.6. The van der Waals surface area contributed by atoms with Crippen molar-refractivity contribution in [1.82, 2.24) is 0 Å². The number of aldehydes is 1. The first-order valence-corrected chi connectivity index (χ1v) is 6.63. The number of halogens is 1. The molecule has 0 heterocycles. The van der Waals surface area contributed by atoms with Gasteiger partial charge in [-0.05, 0) is 42.5 Å². The number of carbonyl (C=O) groups is 1. The van der Waals surface area contributed by atoms with Gasteiger partial charge in [-0.25, -0.2) is 4.39 Å². The van der Waals surface area contributed by atoms with E-state index in [4.69, 9.17) is 0 Å². The van der Waals surface area contributed by atoms with Crippen molar-refractivity contribution in [3.05, 3.63) is 47.8 Å². The molecule has 0 fully saturated rings. The maximum atomic E-state index is 12.9. The largest absolute Gasteiger partial charge is 0.299 e. The fourth-order valence-corrected chi connectivity index (χ4v) is 2.09. The van der Waals surface area contributed by atoms with Crippen LogP contribution in [-0.4, -0.2) is 6.29 Å². The molecule has 1 unspecified atom stereocenters. The van der Waals surface area contributed by atoms with Crippen molar-refractivity contribution >= 4 is 6.29 Å². The topological polar surface area (TPSA) is 17.1 Å². The van der Waals surface area contributed by atoms with Crippen molar-refractivity contribution in [2.75, 3.05) is 0 Å². The lowest BCUT2D eigenvalue weighted by Gasteiger charge is -2.15. The molecule has 18 heavy (non-hydrogen) atoms. The number of allylic oxidation sites excluding steroid dienone is 2. The van der Waals surface area contributed by atoms with Crippen molar-refractivity contribution in [3.8, 4) is 0 Å². The maximum Gasteiger partial charge on any atom is 0.142 e. The fourth-order valence-electron chi connectivity index (χ4n) is 2.09. The van der Waals surface area contributed by atoms with Crippen LogP contribution in [0.1, 0.15) is 50.5 Å². The highest BCUT2D eigenvalue weighted by atomic mass is 19.1. The summed E-state index contributed by atoms with van der Waals surface area (Å²) in [7, 11) is 0. The SMILES string of the molecule is CCCCCC(C/C=C/C=O)c1ccc(F)cc1. The second-order valence-corrected chi connectivity index (χ2v) is 4.54. The first-order valence-electron chi connectivity index (χ1n) is 6.63. The van der Waals surface area contributed by atoms with E-state index in [1.807, 2.05) is 18.2 Å². The summed E-state index contributed by atoms with van der Waals surface area (Å²) in [6, 6.07) is 6.71. The molecule has 1 aromatic rings. The minimum atomic E-state index is -0.200. The summed E-state index contributed by atoms with van der Waals surface area (Å²) < 4.78 is 12.9. The lowest BCUT2D eigenvalue weighted by atomic mass is 9.90. The molecule has 0 amide bonds. The standard InChI is InChI=1S/C16H21FO/c1-2-3-4-7-14(8-5-6-13-18)15-9-11-16(17)12-10-15/h5-6,9-14H,2-4,7-8H2,1H3/b6-5+. The molecule has 2 heteroatoms. The van der Waals surface area contributed by atoms with Gasteiger partial charge in [0.1, 0.15) is 12.1 Å². The highest BCUT2D eigenvalue weighted by molar-refractivity contribution is 5.64. The summed E-state index contributed by atoms with van der Waals surface area (Å²) in [4.78, 5) is 10.3. The van der Waals surface area contributed by atoms with Gasteiger partial charge >= 0.3 is 0 Å². The summed E-state index contributed by atoms with van der Waals surface area (Å²) in [6.45, 7) is 2.18. The zero-order chi connectivity index (χ0) is 13.2. The molecule has 0 bridgehead atoms. The Bertz CT molecular complexity index is 367. The van der Waals surface area contributed by atoms with Crippen molar-refractivity contribution in [3.63, 3.8) is 0 Å². The molecular formula is C16H21FO. The van der Waals surface area contributed by atoms with Gasteiger partial charge in [-0.2, -0.15) is 0 Å². The Balaban J connectivity index is 2.65. The Morgan fingerprint density at radius 2 is 1.94 bits per heavy atom. The average Bonchev–Trinajstić information content (AvgIpc) is 2.38. The maximum absolute atomic E-state index is 12.9. The van der Waals surface area contributed by atoms with Gasteiger partial charge in [-0.1, -0.05) is 44.4 Å². The second kappa shape index (κ2) is 8.62. The number of rotatable bonds is 8. The van der Waals surface area contributed by atoms with E-state index in [1.54, 1.807) is 0 Å². The van der Waals surface area contributed by atoms with Crippen LogP contribution in [0.5, 0.6) is 0 Å². The lowest BCUT2D eigenvalue weighted by molar-refractivity contribution is -0.104. The molecule has 0 aliphatic heterocycles. The van der Waals surface area contributed by atoms with Crippen LogP contribution in [0.3, 0.4) is 0 Å². The van der Waals surface area contributed by atoms with Gasteiger partial charge in [0, 0.05) is 0 Å². The Kier molecular flexibility index (Phi) is 7.00. The molecule has 0 radical (unpaired) electrons. The smallest absolute Gasteiger partial charge is 0.142 e. The highest BCUT2D eigenvalue weighted by Gasteiger charge is 2.09. The van der Waals surface area contributed by atoms with Crippen molar-refractivity contribution in [2.24, 2.45) is 0 Å². The third-order valence-corrected chi connectivity index (χ3v) is 3.13. The third kappa shape index (κ3) is 5.26. The monoisotopic (exact) mass is 248 g/mol. The number of hydrogen-bond donors (Lipinski definition) is 0. The predicted octanol–water partition coefficient (Wildman–Crippen LogP) is 4.63. The van der Waals surface area contributed by atoms with Gasteiger partial charge in [-0.3, -0.25) is 4.79 Å². The lowest BCUT2D eigenvalue weighted by Crippen LogP contribution is -1.98. The minimum Gasteiger partial charge on any atom is -0.299 e. The van der Waals surface area contributed by atoms with Crippen LogP contribution >= 0.6 is 0 Å². The second-order valence-electron chi connectivity index (χ2n) is 4.54. The summed E-state index contributed by atoms with van der Waals surface area (Å²) in [5.41, 5.74) is 1.16. The average molecular weight is 248 g/mol. The van der Waals surface area contributed by atoms with Gasteiger partial charge < -0.3 is 0 Å². The Morgan fingerprint density at radius 1 is 1.22 bits per heavy atom.